The summed E-state index contributed by atoms with van der Waals surface area (Å²) in [5.41, 5.74) is 1.20. The molecule has 2 aliphatic rings. The van der Waals surface area contributed by atoms with E-state index in [1.165, 1.54) is 34.6 Å². The van der Waals surface area contributed by atoms with E-state index in [0.717, 1.165) is 31.6 Å². The molecule has 2 fully saturated rings. The molecule has 1 atom stereocenters. The second-order valence-electron chi connectivity index (χ2n) is 8.09. The summed E-state index contributed by atoms with van der Waals surface area (Å²) < 4.78 is 51.7. The van der Waals surface area contributed by atoms with Gasteiger partial charge in [0.2, 0.25) is 10.0 Å². The van der Waals surface area contributed by atoms with Crippen molar-refractivity contribution >= 4 is 27.3 Å². The number of carbonyl (C=O) groups is 1. The fourth-order valence-corrected chi connectivity index (χ4v) is 5.39. The number of sulfonamides is 1. The highest BCUT2D eigenvalue weighted by molar-refractivity contribution is 7.89. The number of amides is 1. The highest BCUT2D eigenvalue weighted by Gasteiger charge is 2.28. The van der Waals surface area contributed by atoms with E-state index in [1.807, 2.05) is 0 Å². The molecular weight excluding hydrogens is 449 g/mol. The zero-order valence-electron chi connectivity index (χ0n) is 18.5. The zero-order valence-corrected chi connectivity index (χ0v) is 19.3. The van der Waals surface area contributed by atoms with Crippen LogP contribution in [0.4, 0.5) is 15.8 Å². The monoisotopic (exact) mass is 477 g/mol. The maximum atomic E-state index is 13.1. The molecule has 2 aromatic carbocycles. The molecule has 1 amide bonds. The van der Waals surface area contributed by atoms with E-state index in [-0.39, 0.29) is 4.90 Å². The van der Waals surface area contributed by atoms with Crippen LogP contribution >= 0.6 is 0 Å². The molecule has 10 heteroatoms. The topological polar surface area (TPSA) is 88.2 Å². The van der Waals surface area contributed by atoms with Crippen molar-refractivity contribution in [2.24, 2.45) is 0 Å². The van der Waals surface area contributed by atoms with E-state index >= 15 is 0 Å². The minimum absolute atomic E-state index is 0.120. The lowest BCUT2D eigenvalue weighted by Crippen LogP contribution is -2.40. The van der Waals surface area contributed by atoms with Crippen LogP contribution < -0.4 is 15.0 Å². The summed E-state index contributed by atoms with van der Waals surface area (Å²) >= 11 is 0. The molecule has 33 heavy (non-hydrogen) atoms. The van der Waals surface area contributed by atoms with Crippen LogP contribution in [0.25, 0.3) is 0 Å². The van der Waals surface area contributed by atoms with Gasteiger partial charge in [-0.05, 0) is 62.2 Å². The summed E-state index contributed by atoms with van der Waals surface area (Å²) in [7, 11) is -3.72. The number of carbonyl (C=O) groups excluding carboxylic acids is 1. The number of benzene rings is 2. The van der Waals surface area contributed by atoms with E-state index in [0.29, 0.717) is 37.7 Å². The Hall–Kier alpha value is -2.69. The van der Waals surface area contributed by atoms with Crippen LogP contribution in [0.5, 0.6) is 5.75 Å². The first-order chi connectivity index (χ1) is 15.8. The van der Waals surface area contributed by atoms with Gasteiger partial charge in [-0.2, -0.15) is 4.31 Å². The predicted octanol–water partition coefficient (Wildman–Crippen LogP) is 2.85. The van der Waals surface area contributed by atoms with Crippen LogP contribution in [-0.2, 0) is 19.6 Å². The summed E-state index contributed by atoms with van der Waals surface area (Å²) in [5, 5.41) is 2.85. The van der Waals surface area contributed by atoms with Crippen molar-refractivity contribution in [1.29, 1.82) is 0 Å². The Morgan fingerprint density at radius 1 is 1.06 bits per heavy atom. The molecule has 2 aromatic rings. The number of ether oxygens (including phenoxy) is 2. The average molecular weight is 478 g/mol. The second kappa shape index (κ2) is 10.1. The fraction of sp³-hybridized carbons (Fsp3) is 0.435. The van der Waals surface area contributed by atoms with E-state index in [9.17, 15) is 17.6 Å². The number of anilines is 2. The van der Waals surface area contributed by atoms with Crippen LogP contribution in [0.3, 0.4) is 0 Å². The number of rotatable bonds is 7. The Morgan fingerprint density at radius 3 is 2.39 bits per heavy atom. The van der Waals surface area contributed by atoms with Crippen molar-refractivity contribution in [1.82, 2.24) is 4.31 Å². The summed E-state index contributed by atoms with van der Waals surface area (Å²) in [6, 6.07) is 10.3. The molecule has 2 saturated heterocycles. The highest BCUT2D eigenvalue weighted by Crippen LogP contribution is 2.33. The number of nitrogens with zero attached hydrogens (tertiary/aromatic N) is 2. The Bertz CT molecular complexity index is 1080. The first-order valence-electron chi connectivity index (χ1n) is 11.0. The zero-order chi connectivity index (χ0) is 23.4. The van der Waals surface area contributed by atoms with Crippen molar-refractivity contribution in [2.45, 2.75) is 30.8 Å². The third-order valence-electron chi connectivity index (χ3n) is 5.78. The van der Waals surface area contributed by atoms with Gasteiger partial charge in [0.15, 0.2) is 6.10 Å². The molecule has 0 aromatic heterocycles. The summed E-state index contributed by atoms with van der Waals surface area (Å²) in [5.74, 6) is -0.462. The molecule has 0 saturated carbocycles. The van der Waals surface area contributed by atoms with Gasteiger partial charge in [-0.3, -0.25) is 4.79 Å². The van der Waals surface area contributed by atoms with Gasteiger partial charge in [0, 0.05) is 26.2 Å². The van der Waals surface area contributed by atoms with Crippen LogP contribution in [-0.4, -0.2) is 64.1 Å². The van der Waals surface area contributed by atoms with Crippen LogP contribution in [0.15, 0.2) is 47.4 Å². The summed E-state index contributed by atoms with van der Waals surface area (Å²) in [4.78, 5) is 15.2. The Labute approximate surface area is 193 Å². The largest absolute Gasteiger partial charge is 0.481 e. The second-order valence-corrected chi connectivity index (χ2v) is 10.0. The van der Waals surface area contributed by atoms with Gasteiger partial charge in [0.25, 0.3) is 5.91 Å². The van der Waals surface area contributed by atoms with Gasteiger partial charge in [-0.1, -0.05) is 0 Å². The smallest absolute Gasteiger partial charge is 0.265 e. The number of halogens is 1. The molecular formula is C23H28FN3O5S. The number of morpholine rings is 1. The molecule has 0 radical (unpaired) electrons. The third kappa shape index (κ3) is 5.45. The van der Waals surface area contributed by atoms with Gasteiger partial charge in [-0.15, -0.1) is 0 Å². The van der Waals surface area contributed by atoms with Crippen molar-refractivity contribution in [2.75, 3.05) is 49.6 Å². The molecule has 0 spiro atoms. The average Bonchev–Trinajstić information content (AvgIpc) is 3.36. The Balaban J connectivity index is 1.58. The predicted molar refractivity (Wildman–Crippen MR) is 123 cm³/mol. The van der Waals surface area contributed by atoms with E-state index < -0.39 is 27.9 Å². The number of hydrogen-bond acceptors (Lipinski definition) is 6. The molecule has 0 aliphatic carbocycles. The molecule has 4 rings (SSSR count). The molecule has 2 aliphatic heterocycles. The van der Waals surface area contributed by atoms with Crippen molar-refractivity contribution in [3.63, 3.8) is 0 Å². The van der Waals surface area contributed by atoms with Crippen molar-refractivity contribution in [3.05, 3.63) is 48.3 Å². The lowest BCUT2D eigenvalue weighted by Gasteiger charge is -2.27. The van der Waals surface area contributed by atoms with Gasteiger partial charge < -0.3 is 19.7 Å². The minimum Gasteiger partial charge on any atom is -0.481 e. The molecule has 0 bridgehead atoms. The molecule has 0 unspecified atom stereocenters. The molecule has 1 N–H and O–H groups in total. The van der Waals surface area contributed by atoms with E-state index in [4.69, 9.17) is 9.47 Å². The van der Waals surface area contributed by atoms with Crippen LogP contribution in [0.2, 0.25) is 0 Å². The molecule has 8 nitrogen and oxygen atoms in total. The van der Waals surface area contributed by atoms with Gasteiger partial charge >= 0.3 is 0 Å². The van der Waals surface area contributed by atoms with Gasteiger partial charge in [-0.25, -0.2) is 12.8 Å². The Kier molecular flexibility index (Phi) is 7.16. The number of hydrogen-bond donors (Lipinski definition) is 1. The lowest BCUT2D eigenvalue weighted by molar-refractivity contribution is -0.122. The summed E-state index contributed by atoms with van der Waals surface area (Å²) in [6.45, 7) is 4.55. The van der Waals surface area contributed by atoms with E-state index in [2.05, 4.69) is 10.2 Å². The maximum absolute atomic E-state index is 13.1. The molecule has 2 heterocycles. The third-order valence-corrected chi connectivity index (χ3v) is 7.67. The van der Waals surface area contributed by atoms with Gasteiger partial charge in [0.1, 0.15) is 11.6 Å². The first-order valence-corrected chi connectivity index (χ1v) is 12.5. The first kappa shape index (κ1) is 23.5. The quantitative estimate of drug-likeness (QED) is 0.660. The van der Waals surface area contributed by atoms with Gasteiger partial charge in [0.05, 0.1) is 29.5 Å². The van der Waals surface area contributed by atoms with Crippen LogP contribution in [0, 0.1) is 5.82 Å². The number of nitrogens with one attached hydrogen (secondary N) is 1. The normalized spacial score (nSPS) is 18.2. The van der Waals surface area contributed by atoms with E-state index in [1.54, 1.807) is 19.1 Å². The Morgan fingerprint density at radius 2 is 1.73 bits per heavy atom. The maximum Gasteiger partial charge on any atom is 0.265 e. The standard InChI is InChI=1S/C23H28FN3O5S/c1-17(32-19-6-4-18(24)5-7-19)23(28)25-21-16-20(8-9-22(21)26-10-2-3-11-26)33(29,30)27-12-14-31-15-13-27/h4-9,16-17H,2-3,10-15H2,1H3,(H,25,28)/t17-/m1/s1. The highest BCUT2D eigenvalue weighted by atomic mass is 32.2. The van der Waals surface area contributed by atoms with Crippen LogP contribution in [0.1, 0.15) is 19.8 Å². The van der Waals surface area contributed by atoms with Crippen molar-refractivity contribution < 1.29 is 27.1 Å². The summed E-state index contributed by atoms with van der Waals surface area (Å²) in [6.07, 6.45) is 1.19. The lowest BCUT2D eigenvalue weighted by atomic mass is 10.2. The SMILES string of the molecule is C[C@@H](Oc1ccc(F)cc1)C(=O)Nc1cc(S(=O)(=O)N2CCOCC2)ccc1N1CCCC1. The fourth-order valence-electron chi connectivity index (χ4n) is 3.95. The van der Waals surface area contributed by atoms with Crippen molar-refractivity contribution in [3.8, 4) is 5.75 Å². The minimum atomic E-state index is -3.72. The molecule has 178 valence electrons.